The predicted octanol–water partition coefficient (Wildman–Crippen LogP) is 3.52. The van der Waals surface area contributed by atoms with Crippen molar-refractivity contribution in [1.82, 2.24) is 15.1 Å². The fourth-order valence-corrected chi connectivity index (χ4v) is 3.54. The summed E-state index contributed by atoms with van der Waals surface area (Å²) in [7, 11) is 0. The number of nitrogen functional groups attached to an aromatic ring is 1. The van der Waals surface area contributed by atoms with Gasteiger partial charge in [0.2, 0.25) is 11.7 Å². The molecule has 0 spiro atoms. The van der Waals surface area contributed by atoms with Gasteiger partial charge in [-0.15, -0.1) is 11.3 Å². The van der Waals surface area contributed by atoms with Gasteiger partial charge in [-0.05, 0) is 24.6 Å². The van der Waals surface area contributed by atoms with Gasteiger partial charge in [0.15, 0.2) is 0 Å². The van der Waals surface area contributed by atoms with E-state index < -0.39 is 5.91 Å². The zero-order valence-electron chi connectivity index (χ0n) is 14.3. The quantitative estimate of drug-likeness (QED) is 0.561. The minimum Gasteiger partial charge on any atom is -0.382 e. The molecule has 1 amide bonds. The van der Waals surface area contributed by atoms with Gasteiger partial charge >= 0.3 is 0 Å². The number of thiazole rings is 1. The highest BCUT2D eigenvalue weighted by Crippen LogP contribution is 2.37. The Kier molecular flexibility index (Phi) is 4.17. The van der Waals surface area contributed by atoms with E-state index in [4.69, 9.17) is 16.0 Å². The van der Waals surface area contributed by atoms with Gasteiger partial charge in [-0.25, -0.2) is 4.98 Å². The highest BCUT2D eigenvalue weighted by molar-refractivity contribution is 7.18. The standard InChI is InChI=1S/C19H15N5O2S/c1-10-7-8-12(16(21)25)9-13(10)17-23-18(26-24-17)14-15(20)22-19(27-14)11-5-3-2-4-6-11/h2-9H,20H2,1H3,(H2,21,25). The van der Waals surface area contributed by atoms with Gasteiger partial charge in [0.05, 0.1) is 0 Å². The van der Waals surface area contributed by atoms with Crippen LogP contribution >= 0.6 is 11.3 Å². The van der Waals surface area contributed by atoms with Crippen LogP contribution in [-0.2, 0) is 0 Å². The van der Waals surface area contributed by atoms with Crippen molar-refractivity contribution in [3.63, 3.8) is 0 Å². The summed E-state index contributed by atoms with van der Waals surface area (Å²) in [5, 5.41) is 4.81. The Morgan fingerprint density at radius 1 is 1.11 bits per heavy atom. The molecule has 0 bridgehead atoms. The minimum atomic E-state index is -0.515. The second-order valence-electron chi connectivity index (χ2n) is 5.92. The summed E-state index contributed by atoms with van der Waals surface area (Å²) >= 11 is 1.38. The van der Waals surface area contributed by atoms with E-state index in [0.29, 0.717) is 27.6 Å². The van der Waals surface area contributed by atoms with Crippen molar-refractivity contribution in [2.45, 2.75) is 6.92 Å². The number of rotatable bonds is 4. The molecule has 4 N–H and O–H groups in total. The fraction of sp³-hybridized carbons (Fsp3) is 0.0526. The maximum absolute atomic E-state index is 11.4. The number of aromatic nitrogens is 3. The molecule has 4 aromatic rings. The maximum atomic E-state index is 11.4. The van der Waals surface area contributed by atoms with Crippen molar-refractivity contribution >= 4 is 23.1 Å². The Morgan fingerprint density at radius 3 is 2.63 bits per heavy atom. The molecule has 27 heavy (non-hydrogen) atoms. The van der Waals surface area contributed by atoms with Crippen molar-refractivity contribution < 1.29 is 9.32 Å². The zero-order valence-corrected chi connectivity index (χ0v) is 15.2. The summed E-state index contributed by atoms with van der Waals surface area (Å²) in [5.41, 5.74) is 14.3. The Hall–Kier alpha value is -3.52. The highest BCUT2D eigenvalue weighted by atomic mass is 32.1. The molecular weight excluding hydrogens is 362 g/mol. The van der Waals surface area contributed by atoms with Gasteiger partial charge in [-0.1, -0.05) is 41.6 Å². The largest absolute Gasteiger partial charge is 0.382 e. The number of primary amides is 1. The number of amides is 1. The average Bonchev–Trinajstić information content (AvgIpc) is 3.29. The molecule has 134 valence electrons. The Balaban J connectivity index is 1.73. The van der Waals surface area contributed by atoms with Gasteiger partial charge in [-0.2, -0.15) is 4.98 Å². The fourth-order valence-electron chi connectivity index (χ4n) is 2.63. The predicted molar refractivity (Wildman–Crippen MR) is 104 cm³/mol. The normalized spacial score (nSPS) is 10.9. The Labute approximate surface area is 158 Å². The number of nitrogens with two attached hydrogens (primary N) is 2. The van der Waals surface area contributed by atoms with Crippen molar-refractivity contribution in [2.75, 3.05) is 5.73 Å². The third kappa shape index (κ3) is 3.18. The van der Waals surface area contributed by atoms with Gasteiger partial charge in [0.1, 0.15) is 15.7 Å². The molecule has 0 fully saturated rings. The Bertz CT molecular complexity index is 1130. The summed E-state index contributed by atoms with van der Waals surface area (Å²) in [5.74, 6) is 0.460. The van der Waals surface area contributed by atoms with Crippen LogP contribution in [0.5, 0.6) is 0 Å². The van der Waals surface area contributed by atoms with Crippen LogP contribution in [-0.4, -0.2) is 21.0 Å². The summed E-state index contributed by atoms with van der Waals surface area (Å²) in [6.45, 7) is 1.89. The smallest absolute Gasteiger partial charge is 0.272 e. The first-order valence-electron chi connectivity index (χ1n) is 8.09. The van der Waals surface area contributed by atoms with E-state index >= 15 is 0 Å². The monoisotopic (exact) mass is 377 g/mol. The van der Waals surface area contributed by atoms with Gasteiger partial charge in [-0.3, -0.25) is 4.79 Å². The molecule has 0 radical (unpaired) electrons. The maximum Gasteiger partial charge on any atom is 0.272 e. The van der Waals surface area contributed by atoms with Crippen LogP contribution in [0.2, 0.25) is 0 Å². The molecular formula is C19H15N5O2S. The number of hydrogen-bond acceptors (Lipinski definition) is 7. The van der Waals surface area contributed by atoms with Gasteiger partial charge < -0.3 is 16.0 Å². The van der Waals surface area contributed by atoms with Crippen LogP contribution in [0.25, 0.3) is 32.7 Å². The molecule has 0 aliphatic heterocycles. The number of anilines is 1. The molecule has 4 rings (SSSR count). The molecule has 0 atom stereocenters. The molecule has 2 aromatic heterocycles. The second kappa shape index (κ2) is 6.65. The van der Waals surface area contributed by atoms with Crippen molar-refractivity contribution in [3.05, 3.63) is 59.7 Å². The zero-order chi connectivity index (χ0) is 19.0. The van der Waals surface area contributed by atoms with Gasteiger partial charge in [0.25, 0.3) is 5.89 Å². The first-order chi connectivity index (χ1) is 13.0. The summed E-state index contributed by atoms with van der Waals surface area (Å²) in [6, 6.07) is 14.8. The lowest BCUT2D eigenvalue weighted by molar-refractivity contribution is 0.100. The van der Waals surface area contributed by atoms with Gasteiger partial charge in [0, 0.05) is 16.7 Å². The first kappa shape index (κ1) is 16.9. The molecule has 0 aliphatic carbocycles. The van der Waals surface area contributed by atoms with Crippen LogP contribution < -0.4 is 11.5 Å². The first-order valence-corrected chi connectivity index (χ1v) is 8.91. The summed E-state index contributed by atoms with van der Waals surface area (Å²) in [4.78, 5) is 20.9. The van der Waals surface area contributed by atoms with E-state index in [0.717, 1.165) is 16.1 Å². The lowest BCUT2D eigenvalue weighted by atomic mass is 10.0. The number of benzene rings is 2. The van der Waals surface area contributed by atoms with Crippen LogP contribution in [0.4, 0.5) is 5.82 Å². The SMILES string of the molecule is Cc1ccc(C(N)=O)cc1-c1noc(-c2sc(-c3ccccc3)nc2N)n1. The van der Waals surface area contributed by atoms with E-state index in [1.807, 2.05) is 37.3 Å². The Morgan fingerprint density at radius 2 is 1.89 bits per heavy atom. The molecule has 2 heterocycles. The molecule has 2 aromatic carbocycles. The lowest BCUT2D eigenvalue weighted by Crippen LogP contribution is -2.11. The van der Waals surface area contributed by atoms with E-state index in [1.165, 1.54) is 11.3 Å². The molecule has 0 saturated carbocycles. The minimum absolute atomic E-state index is 0.283. The molecule has 8 heteroatoms. The highest BCUT2D eigenvalue weighted by Gasteiger charge is 2.19. The van der Waals surface area contributed by atoms with E-state index in [2.05, 4.69) is 15.1 Å². The lowest BCUT2D eigenvalue weighted by Gasteiger charge is -2.02. The molecule has 0 aliphatic rings. The number of hydrogen-bond donors (Lipinski definition) is 2. The van der Waals surface area contributed by atoms with Crippen LogP contribution in [0.1, 0.15) is 15.9 Å². The van der Waals surface area contributed by atoms with E-state index in [1.54, 1.807) is 18.2 Å². The van der Waals surface area contributed by atoms with E-state index in [-0.39, 0.29) is 5.89 Å². The number of carbonyl (C=O) groups excluding carboxylic acids is 1. The van der Waals surface area contributed by atoms with Crippen LogP contribution in [0.15, 0.2) is 53.1 Å². The molecule has 7 nitrogen and oxygen atoms in total. The number of nitrogens with zero attached hydrogens (tertiary/aromatic N) is 3. The summed E-state index contributed by atoms with van der Waals surface area (Å²) in [6.07, 6.45) is 0. The number of aryl methyl sites for hydroxylation is 1. The van der Waals surface area contributed by atoms with Crippen LogP contribution in [0.3, 0.4) is 0 Å². The third-order valence-corrected chi connectivity index (χ3v) is 5.17. The second-order valence-corrected chi connectivity index (χ2v) is 6.92. The molecule has 0 saturated heterocycles. The van der Waals surface area contributed by atoms with Crippen LogP contribution in [0, 0.1) is 6.92 Å². The summed E-state index contributed by atoms with van der Waals surface area (Å²) < 4.78 is 5.40. The van der Waals surface area contributed by atoms with Crippen molar-refractivity contribution in [1.29, 1.82) is 0 Å². The van der Waals surface area contributed by atoms with Crippen molar-refractivity contribution in [2.24, 2.45) is 5.73 Å². The van der Waals surface area contributed by atoms with Crippen molar-refractivity contribution in [3.8, 4) is 32.7 Å². The molecule has 0 unspecified atom stereocenters. The topological polar surface area (TPSA) is 121 Å². The average molecular weight is 377 g/mol. The third-order valence-electron chi connectivity index (χ3n) is 4.06. The number of carbonyl (C=O) groups is 1. The van der Waals surface area contributed by atoms with E-state index in [9.17, 15) is 4.79 Å².